The molecule has 1 saturated carbocycles. The molecule has 0 amide bonds. The number of alkyl halides is 2. The third-order valence-corrected chi connectivity index (χ3v) is 3.30. The second kappa shape index (κ2) is 3.72. The van der Waals surface area contributed by atoms with Gasteiger partial charge in [0.2, 0.25) is 5.92 Å². The highest BCUT2D eigenvalue weighted by atomic mass is 33.1. The molecule has 0 spiro atoms. The lowest BCUT2D eigenvalue weighted by molar-refractivity contribution is -0.0939. The molecule has 0 aromatic heterocycles. The maximum absolute atomic E-state index is 12.7. The van der Waals surface area contributed by atoms with E-state index in [4.69, 9.17) is 0 Å². The van der Waals surface area contributed by atoms with Crippen LogP contribution in [0.3, 0.4) is 0 Å². The second-order valence-electron chi connectivity index (χ2n) is 3.35. The van der Waals surface area contributed by atoms with Crippen LogP contribution in [0.15, 0.2) is 0 Å². The summed E-state index contributed by atoms with van der Waals surface area (Å²) in [6, 6.07) is 0. The van der Waals surface area contributed by atoms with E-state index in [1.54, 1.807) is 0 Å². The average Bonchev–Trinajstić information content (AvgIpc) is 1.98. The fraction of sp³-hybridized carbons (Fsp3) is 1.00. The highest BCUT2D eigenvalue weighted by Crippen LogP contribution is 2.40. The van der Waals surface area contributed by atoms with Crippen LogP contribution in [0.25, 0.3) is 0 Å². The highest BCUT2D eigenvalue weighted by Gasteiger charge is 2.41. The zero-order chi connectivity index (χ0) is 9.24. The Kier molecular flexibility index (Phi) is 3.28. The summed E-state index contributed by atoms with van der Waals surface area (Å²) in [5, 5.41) is 9.70. The van der Waals surface area contributed by atoms with E-state index in [0.29, 0.717) is 5.75 Å². The smallest absolute Gasteiger partial charge is 0.248 e. The lowest BCUT2D eigenvalue weighted by atomic mass is 9.84. The first-order chi connectivity index (χ1) is 5.47. The third kappa shape index (κ3) is 2.78. The van der Waals surface area contributed by atoms with Crippen molar-refractivity contribution in [2.45, 2.75) is 37.2 Å². The van der Waals surface area contributed by atoms with Crippen molar-refractivity contribution < 1.29 is 13.9 Å². The van der Waals surface area contributed by atoms with Gasteiger partial charge in [-0.05, 0) is 12.8 Å². The minimum Gasteiger partial charge on any atom is -0.389 e. The normalized spacial score (nSPS) is 27.0. The summed E-state index contributed by atoms with van der Waals surface area (Å²) in [7, 11) is 1.21. The van der Waals surface area contributed by atoms with Crippen LogP contribution in [0.4, 0.5) is 8.78 Å². The van der Waals surface area contributed by atoms with Crippen LogP contribution in [0.2, 0.25) is 0 Å². The summed E-state index contributed by atoms with van der Waals surface area (Å²) < 4.78 is 25.3. The van der Waals surface area contributed by atoms with Gasteiger partial charge in [0.05, 0.1) is 5.60 Å². The number of hydrogen-bond acceptors (Lipinski definition) is 3. The van der Waals surface area contributed by atoms with Gasteiger partial charge in [-0.2, -0.15) is 0 Å². The molecule has 0 heterocycles. The Morgan fingerprint density at radius 1 is 1.25 bits per heavy atom. The minimum absolute atomic E-state index is 0.188. The molecule has 0 bridgehead atoms. The molecule has 0 aromatic rings. The van der Waals surface area contributed by atoms with Crippen LogP contribution in [-0.2, 0) is 0 Å². The third-order valence-electron chi connectivity index (χ3n) is 2.25. The standard InChI is InChI=1S/C7H12F2OS2/c8-7(9)3-1-6(10,2-4-7)5-12-11/h10-11H,1-5H2. The van der Waals surface area contributed by atoms with Crippen LogP contribution >= 0.6 is 22.5 Å². The van der Waals surface area contributed by atoms with Gasteiger partial charge in [-0.3, -0.25) is 0 Å². The Hall–Kier alpha value is 0.520. The van der Waals surface area contributed by atoms with Crippen molar-refractivity contribution in [3.05, 3.63) is 0 Å². The van der Waals surface area contributed by atoms with Gasteiger partial charge in [0, 0.05) is 18.6 Å². The molecule has 0 radical (unpaired) electrons. The van der Waals surface area contributed by atoms with Crippen LogP contribution in [-0.4, -0.2) is 22.4 Å². The van der Waals surface area contributed by atoms with E-state index >= 15 is 0 Å². The lowest BCUT2D eigenvalue weighted by Gasteiger charge is -2.35. The van der Waals surface area contributed by atoms with Gasteiger partial charge in [0.1, 0.15) is 0 Å². The maximum Gasteiger partial charge on any atom is 0.248 e. The van der Waals surface area contributed by atoms with Crippen molar-refractivity contribution in [2.24, 2.45) is 0 Å². The van der Waals surface area contributed by atoms with E-state index in [2.05, 4.69) is 11.7 Å². The summed E-state index contributed by atoms with van der Waals surface area (Å²) in [6.45, 7) is 0. The minimum atomic E-state index is -2.56. The molecule has 72 valence electrons. The topological polar surface area (TPSA) is 20.2 Å². The molecule has 0 saturated heterocycles. The molecule has 1 aliphatic rings. The Labute approximate surface area is 79.7 Å². The SMILES string of the molecule is OC1(CSS)CCC(F)(F)CC1. The Morgan fingerprint density at radius 3 is 2.17 bits per heavy atom. The molecule has 0 aromatic carbocycles. The van der Waals surface area contributed by atoms with Crippen LogP contribution in [0, 0.1) is 0 Å². The number of thiol groups is 1. The van der Waals surface area contributed by atoms with Gasteiger partial charge in [-0.15, -0.1) is 11.7 Å². The van der Waals surface area contributed by atoms with Crippen molar-refractivity contribution in [1.29, 1.82) is 0 Å². The van der Waals surface area contributed by atoms with Crippen molar-refractivity contribution in [1.82, 2.24) is 0 Å². The number of hydrogen-bond donors (Lipinski definition) is 2. The second-order valence-corrected chi connectivity index (χ2v) is 4.68. The zero-order valence-corrected chi connectivity index (χ0v) is 8.31. The Morgan fingerprint density at radius 2 is 1.75 bits per heavy atom. The first kappa shape index (κ1) is 10.6. The van der Waals surface area contributed by atoms with Crippen molar-refractivity contribution in [2.75, 3.05) is 5.75 Å². The number of halogens is 2. The largest absolute Gasteiger partial charge is 0.389 e. The maximum atomic E-state index is 12.7. The molecule has 5 heteroatoms. The highest BCUT2D eigenvalue weighted by molar-refractivity contribution is 8.68. The molecule has 12 heavy (non-hydrogen) atoms. The number of aliphatic hydroxyl groups is 1. The first-order valence-corrected chi connectivity index (χ1v) is 5.88. The molecule has 1 aliphatic carbocycles. The molecule has 0 atom stereocenters. The fourth-order valence-corrected chi connectivity index (χ4v) is 2.60. The van der Waals surface area contributed by atoms with E-state index in [-0.39, 0.29) is 25.7 Å². The summed E-state index contributed by atoms with van der Waals surface area (Å²) >= 11 is 3.90. The van der Waals surface area contributed by atoms with Gasteiger partial charge < -0.3 is 5.11 Å². The average molecular weight is 214 g/mol. The van der Waals surface area contributed by atoms with Gasteiger partial charge in [0.15, 0.2) is 0 Å². The van der Waals surface area contributed by atoms with Crippen LogP contribution < -0.4 is 0 Å². The molecule has 0 unspecified atom stereocenters. The molecular weight excluding hydrogens is 202 g/mol. The van der Waals surface area contributed by atoms with Gasteiger partial charge in [-0.25, -0.2) is 8.78 Å². The first-order valence-electron chi connectivity index (χ1n) is 3.84. The summed E-state index contributed by atoms with van der Waals surface area (Å²) in [5.41, 5.74) is -0.909. The van der Waals surface area contributed by atoms with Crippen LogP contribution in [0.1, 0.15) is 25.7 Å². The van der Waals surface area contributed by atoms with E-state index in [1.807, 2.05) is 0 Å². The Bertz CT molecular complexity index is 153. The van der Waals surface area contributed by atoms with Crippen molar-refractivity contribution in [3.63, 3.8) is 0 Å². The predicted octanol–water partition coefficient (Wildman–Crippen LogP) is 2.50. The van der Waals surface area contributed by atoms with E-state index in [0.717, 1.165) is 0 Å². The van der Waals surface area contributed by atoms with E-state index < -0.39 is 11.5 Å². The molecular formula is C7H12F2OS2. The molecule has 0 aliphatic heterocycles. The molecule has 1 fully saturated rings. The quantitative estimate of drug-likeness (QED) is 0.544. The summed E-state index contributed by atoms with van der Waals surface area (Å²) in [6.07, 6.45) is -0.0171. The van der Waals surface area contributed by atoms with Crippen LogP contribution in [0.5, 0.6) is 0 Å². The predicted molar refractivity (Wildman–Crippen MR) is 49.8 cm³/mol. The monoisotopic (exact) mass is 214 g/mol. The fourth-order valence-electron chi connectivity index (χ4n) is 1.35. The van der Waals surface area contributed by atoms with Crippen molar-refractivity contribution >= 4 is 22.5 Å². The molecule has 1 N–H and O–H groups in total. The summed E-state index contributed by atoms with van der Waals surface area (Å²) in [5.74, 6) is -2.13. The summed E-state index contributed by atoms with van der Waals surface area (Å²) in [4.78, 5) is 0. The van der Waals surface area contributed by atoms with Crippen molar-refractivity contribution in [3.8, 4) is 0 Å². The van der Waals surface area contributed by atoms with E-state index in [1.165, 1.54) is 10.8 Å². The Balaban J connectivity index is 2.44. The van der Waals surface area contributed by atoms with Gasteiger partial charge in [0.25, 0.3) is 0 Å². The van der Waals surface area contributed by atoms with Gasteiger partial charge in [-0.1, -0.05) is 10.8 Å². The zero-order valence-electron chi connectivity index (χ0n) is 6.59. The lowest BCUT2D eigenvalue weighted by Crippen LogP contribution is -2.40. The molecule has 1 nitrogen and oxygen atoms in total. The van der Waals surface area contributed by atoms with E-state index in [9.17, 15) is 13.9 Å². The molecule has 1 rings (SSSR count). The van der Waals surface area contributed by atoms with Gasteiger partial charge >= 0.3 is 0 Å². The number of rotatable bonds is 2.